The van der Waals surface area contributed by atoms with Gasteiger partial charge in [-0.1, -0.05) is 13.0 Å². The standard InChI is InChI=1S/C15H15N3O/c1-2-3-14-16-8-9-18(14)12-5-4-11-6-7-17-15(19)13(11)10-12/h4-10,13H,2-3H2,1H3. The van der Waals surface area contributed by atoms with Crippen molar-refractivity contribution in [2.24, 2.45) is 10.9 Å². The number of nitrogens with zero attached hydrogens (tertiary/aromatic N) is 3. The Balaban J connectivity index is 1.97. The first-order valence-electron chi connectivity index (χ1n) is 6.50. The molecule has 0 saturated carbocycles. The van der Waals surface area contributed by atoms with E-state index in [9.17, 15) is 4.79 Å². The first kappa shape index (κ1) is 11.8. The van der Waals surface area contributed by atoms with Crippen molar-refractivity contribution in [3.8, 4) is 0 Å². The van der Waals surface area contributed by atoms with Gasteiger partial charge in [0.05, 0.1) is 5.92 Å². The van der Waals surface area contributed by atoms with Crippen molar-refractivity contribution >= 4 is 17.8 Å². The van der Waals surface area contributed by atoms with Gasteiger partial charge in [0, 0.05) is 30.7 Å². The van der Waals surface area contributed by atoms with E-state index in [1.807, 2.05) is 35.1 Å². The van der Waals surface area contributed by atoms with Gasteiger partial charge in [0.1, 0.15) is 5.82 Å². The van der Waals surface area contributed by atoms with Crippen molar-refractivity contribution in [2.45, 2.75) is 19.8 Å². The van der Waals surface area contributed by atoms with Gasteiger partial charge in [0.25, 0.3) is 5.91 Å². The number of hydrogen-bond donors (Lipinski definition) is 0. The number of allylic oxidation sites excluding steroid dienone is 4. The molecule has 2 aliphatic rings. The highest BCUT2D eigenvalue weighted by Crippen LogP contribution is 2.28. The molecule has 96 valence electrons. The smallest absolute Gasteiger partial charge is 0.257 e. The number of imidazole rings is 1. The van der Waals surface area contributed by atoms with Crippen LogP contribution >= 0.6 is 0 Å². The molecule has 0 fully saturated rings. The molecule has 0 N–H and O–H groups in total. The van der Waals surface area contributed by atoms with Crippen LogP contribution in [0.5, 0.6) is 0 Å². The minimum atomic E-state index is -0.248. The molecule has 4 nitrogen and oxygen atoms in total. The Labute approximate surface area is 111 Å². The summed E-state index contributed by atoms with van der Waals surface area (Å²) >= 11 is 0. The van der Waals surface area contributed by atoms with Crippen molar-refractivity contribution < 1.29 is 4.79 Å². The van der Waals surface area contributed by atoms with Crippen LogP contribution < -0.4 is 0 Å². The highest BCUT2D eigenvalue weighted by molar-refractivity contribution is 5.99. The number of dihydropyridines is 1. The average Bonchev–Trinajstić information content (AvgIpc) is 2.88. The van der Waals surface area contributed by atoms with Crippen LogP contribution in [0.25, 0.3) is 5.70 Å². The van der Waals surface area contributed by atoms with Crippen LogP contribution in [0.1, 0.15) is 19.2 Å². The molecule has 0 radical (unpaired) electrons. The first-order valence-corrected chi connectivity index (χ1v) is 6.50. The molecule has 0 saturated heterocycles. The number of aliphatic imine (C=N–C) groups is 1. The SMILES string of the molecule is CCCc1nccn1C1=CC2C(=O)N=CC=C2C=C1. The Kier molecular flexibility index (Phi) is 2.99. The molecule has 2 heterocycles. The molecular formula is C15H15N3O. The number of hydrogen-bond acceptors (Lipinski definition) is 2. The summed E-state index contributed by atoms with van der Waals surface area (Å²) in [5, 5.41) is 0. The van der Waals surface area contributed by atoms with Crippen molar-refractivity contribution in [1.82, 2.24) is 9.55 Å². The lowest BCUT2D eigenvalue weighted by atomic mass is 9.91. The lowest BCUT2D eigenvalue weighted by Gasteiger charge is -2.20. The summed E-state index contributed by atoms with van der Waals surface area (Å²) in [4.78, 5) is 20.0. The van der Waals surface area contributed by atoms with Gasteiger partial charge in [-0.2, -0.15) is 0 Å². The van der Waals surface area contributed by atoms with Crippen LogP contribution in [-0.4, -0.2) is 21.7 Å². The molecule has 0 bridgehead atoms. The Morgan fingerprint density at radius 2 is 2.26 bits per heavy atom. The number of aryl methyl sites for hydroxylation is 1. The Bertz CT molecular complexity index is 632. The van der Waals surface area contributed by atoms with Crippen LogP contribution in [0.15, 0.2) is 47.3 Å². The summed E-state index contributed by atoms with van der Waals surface area (Å²) < 4.78 is 2.04. The predicted octanol–water partition coefficient (Wildman–Crippen LogP) is 2.40. The van der Waals surface area contributed by atoms with Crippen molar-refractivity contribution in [1.29, 1.82) is 0 Å². The normalized spacial score (nSPS) is 21.1. The van der Waals surface area contributed by atoms with E-state index in [2.05, 4.69) is 16.9 Å². The van der Waals surface area contributed by atoms with Crippen LogP contribution in [0.3, 0.4) is 0 Å². The summed E-state index contributed by atoms with van der Waals surface area (Å²) in [6.07, 6.45) is 15.1. The van der Waals surface area contributed by atoms with E-state index in [-0.39, 0.29) is 11.8 Å². The Morgan fingerprint density at radius 1 is 1.37 bits per heavy atom. The van der Waals surface area contributed by atoms with E-state index in [1.165, 1.54) is 0 Å². The van der Waals surface area contributed by atoms with Gasteiger partial charge < -0.3 is 4.57 Å². The zero-order valence-corrected chi connectivity index (χ0v) is 10.8. The molecule has 1 atom stereocenters. The maximum Gasteiger partial charge on any atom is 0.257 e. The van der Waals surface area contributed by atoms with E-state index in [0.717, 1.165) is 29.9 Å². The number of rotatable bonds is 3. The van der Waals surface area contributed by atoms with Crippen LogP contribution in [-0.2, 0) is 11.2 Å². The monoisotopic (exact) mass is 253 g/mol. The topological polar surface area (TPSA) is 47.2 Å². The van der Waals surface area contributed by atoms with E-state index in [4.69, 9.17) is 0 Å². The minimum Gasteiger partial charge on any atom is -0.304 e. The van der Waals surface area contributed by atoms with Crippen LogP contribution in [0, 0.1) is 5.92 Å². The summed E-state index contributed by atoms with van der Waals surface area (Å²) in [5.41, 5.74) is 1.99. The molecular weight excluding hydrogens is 238 g/mol. The molecule has 1 aliphatic carbocycles. The fourth-order valence-corrected chi connectivity index (χ4v) is 2.40. The number of fused-ring (bicyclic) bond motifs is 1. The largest absolute Gasteiger partial charge is 0.304 e. The second-order valence-corrected chi connectivity index (χ2v) is 4.65. The first-order chi connectivity index (χ1) is 9.29. The highest BCUT2D eigenvalue weighted by atomic mass is 16.1. The van der Waals surface area contributed by atoms with Crippen molar-refractivity contribution in [3.05, 3.63) is 48.1 Å². The number of aromatic nitrogens is 2. The second kappa shape index (κ2) is 4.80. The highest BCUT2D eigenvalue weighted by Gasteiger charge is 2.24. The third-order valence-corrected chi connectivity index (χ3v) is 3.35. The summed E-state index contributed by atoms with van der Waals surface area (Å²) in [5.74, 6) is 0.677. The molecule has 4 heteroatoms. The molecule has 1 unspecified atom stereocenters. The van der Waals surface area contributed by atoms with Gasteiger partial charge in [-0.3, -0.25) is 4.79 Å². The predicted molar refractivity (Wildman–Crippen MR) is 74.7 cm³/mol. The molecule has 0 aromatic carbocycles. The van der Waals surface area contributed by atoms with Gasteiger partial charge in [-0.05, 0) is 30.2 Å². The molecule has 3 rings (SSSR count). The molecule has 19 heavy (non-hydrogen) atoms. The average molecular weight is 253 g/mol. The number of carbonyl (C=O) groups is 1. The van der Waals surface area contributed by atoms with Gasteiger partial charge in [-0.15, -0.1) is 0 Å². The third kappa shape index (κ3) is 2.10. The molecule has 1 aromatic rings. The number of carbonyl (C=O) groups excluding carboxylic acids is 1. The van der Waals surface area contributed by atoms with E-state index < -0.39 is 0 Å². The zero-order valence-electron chi connectivity index (χ0n) is 10.8. The van der Waals surface area contributed by atoms with Gasteiger partial charge in [0.2, 0.25) is 0 Å². The second-order valence-electron chi connectivity index (χ2n) is 4.65. The van der Waals surface area contributed by atoms with Crippen molar-refractivity contribution in [2.75, 3.05) is 0 Å². The maximum absolute atomic E-state index is 11.8. The summed E-state index contributed by atoms with van der Waals surface area (Å²) in [6, 6.07) is 0. The quantitative estimate of drug-likeness (QED) is 0.830. The molecule has 0 spiro atoms. The van der Waals surface area contributed by atoms with Gasteiger partial charge >= 0.3 is 0 Å². The Morgan fingerprint density at radius 3 is 3.11 bits per heavy atom. The fraction of sp³-hybridized carbons (Fsp3) is 0.267. The van der Waals surface area contributed by atoms with Crippen LogP contribution in [0.2, 0.25) is 0 Å². The van der Waals surface area contributed by atoms with E-state index in [0.29, 0.717) is 0 Å². The van der Waals surface area contributed by atoms with Gasteiger partial charge in [0.15, 0.2) is 0 Å². The molecule has 1 aliphatic heterocycles. The minimum absolute atomic E-state index is 0.100. The van der Waals surface area contributed by atoms with E-state index >= 15 is 0 Å². The maximum atomic E-state index is 11.8. The van der Waals surface area contributed by atoms with Gasteiger partial charge in [-0.25, -0.2) is 9.98 Å². The lowest BCUT2D eigenvalue weighted by Crippen LogP contribution is -2.18. The van der Waals surface area contributed by atoms with Crippen molar-refractivity contribution in [3.63, 3.8) is 0 Å². The fourth-order valence-electron chi connectivity index (χ4n) is 2.40. The summed E-state index contributed by atoms with van der Waals surface area (Å²) in [6.45, 7) is 2.13. The molecule has 1 amide bonds. The zero-order chi connectivity index (χ0) is 13.2. The van der Waals surface area contributed by atoms with Crippen LogP contribution in [0.4, 0.5) is 0 Å². The molecule has 1 aromatic heterocycles. The number of amides is 1. The summed E-state index contributed by atoms with van der Waals surface area (Å²) in [7, 11) is 0. The Hall–Kier alpha value is -2.23. The third-order valence-electron chi connectivity index (χ3n) is 3.35. The lowest BCUT2D eigenvalue weighted by molar-refractivity contribution is -0.119. The van der Waals surface area contributed by atoms with E-state index in [1.54, 1.807) is 12.4 Å².